The van der Waals surface area contributed by atoms with Gasteiger partial charge in [-0.3, -0.25) is 10.1 Å². The number of hydrogen-bond acceptors (Lipinski definition) is 4. The van der Waals surface area contributed by atoms with Crippen LogP contribution in [0, 0.1) is 0 Å². The number of sulfonamides is 1. The van der Waals surface area contributed by atoms with Crippen LogP contribution in [-0.2, 0) is 14.8 Å². The Hall–Kier alpha value is -0.660. The minimum Gasteiger partial charge on any atom is -0.480 e. The first-order valence-corrected chi connectivity index (χ1v) is 6.64. The molecular formula is C8H14N2O4S. The molecule has 0 spiro atoms. The zero-order chi connectivity index (χ0) is 11.3. The van der Waals surface area contributed by atoms with Gasteiger partial charge in [0.25, 0.3) is 0 Å². The van der Waals surface area contributed by atoms with Gasteiger partial charge in [0.05, 0.1) is 6.26 Å². The largest absolute Gasteiger partial charge is 0.480 e. The maximum absolute atomic E-state index is 11.4. The third kappa shape index (κ3) is 1.75. The van der Waals surface area contributed by atoms with E-state index in [-0.39, 0.29) is 12.6 Å². The van der Waals surface area contributed by atoms with E-state index in [4.69, 9.17) is 5.11 Å². The van der Waals surface area contributed by atoms with Crippen molar-refractivity contribution in [1.29, 1.82) is 0 Å². The molecule has 2 heterocycles. The Labute approximate surface area is 88.3 Å². The van der Waals surface area contributed by atoms with E-state index in [9.17, 15) is 13.2 Å². The lowest BCUT2D eigenvalue weighted by molar-refractivity contribution is -0.145. The minimum absolute atomic E-state index is 0.0235. The Balaban J connectivity index is 2.28. The first-order chi connectivity index (χ1) is 6.83. The molecule has 0 saturated carbocycles. The number of carbonyl (C=O) groups is 1. The molecule has 0 aliphatic carbocycles. The van der Waals surface area contributed by atoms with Crippen molar-refractivity contribution < 1.29 is 18.3 Å². The van der Waals surface area contributed by atoms with Crippen LogP contribution in [0.1, 0.15) is 12.8 Å². The van der Waals surface area contributed by atoms with E-state index < -0.39 is 21.5 Å². The fraction of sp³-hybridized carbons (Fsp3) is 0.875. The summed E-state index contributed by atoms with van der Waals surface area (Å²) in [6, 6.07) is -0.0235. The van der Waals surface area contributed by atoms with Crippen molar-refractivity contribution in [2.24, 2.45) is 0 Å². The van der Waals surface area contributed by atoms with Gasteiger partial charge in [-0.25, -0.2) is 8.42 Å². The lowest BCUT2D eigenvalue weighted by atomic mass is 9.98. The molecular weight excluding hydrogens is 220 g/mol. The van der Waals surface area contributed by atoms with Crippen LogP contribution in [0.4, 0.5) is 0 Å². The molecule has 0 aromatic heterocycles. The minimum atomic E-state index is -3.29. The zero-order valence-electron chi connectivity index (χ0n) is 8.43. The lowest BCUT2D eigenvalue weighted by Crippen LogP contribution is -2.64. The predicted octanol–water partition coefficient (Wildman–Crippen LogP) is -1.16. The number of carboxylic acids is 1. The Morgan fingerprint density at radius 3 is 2.80 bits per heavy atom. The van der Waals surface area contributed by atoms with Gasteiger partial charge in [0.1, 0.15) is 5.54 Å². The molecule has 2 aliphatic rings. The average Bonchev–Trinajstić information content (AvgIpc) is 2.41. The topological polar surface area (TPSA) is 86.7 Å². The number of aliphatic carboxylic acids is 1. The van der Waals surface area contributed by atoms with Crippen LogP contribution in [-0.4, -0.2) is 54.7 Å². The highest BCUT2D eigenvalue weighted by Gasteiger charge is 2.51. The SMILES string of the molecule is CS(=O)(=O)N1CC2CCC(C(=O)O)(C1)N2. The summed E-state index contributed by atoms with van der Waals surface area (Å²) in [7, 11) is -3.29. The van der Waals surface area contributed by atoms with E-state index in [2.05, 4.69) is 5.32 Å². The zero-order valence-corrected chi connectivity index (χ0v) is 9.25. The fourth-order valence-corrected chi connectivity index (χ4v) is 3.22. The van der Waals surface area contributed by atoms with Crippen molar-refractivity contribution in [1.82, 2.24) is 9.62 Å². The quantitative estimate of drug-likeness (QED) is 0.629. The molecule has 2 N–H and O–H groups in total. The number of nitrogens with one attached hydrogen (secondary N) is 1. The monoisotopic (exact) mass is 234 g/mol. The van der Waals surface area contributed by atoms with Gasteiger partial charge in [-0.1, -0.05) is 0 Å². The Morgan fingerprint density at radius 1 is 1.60 bits per heavy atom. The highest BCUT2D eigenvalue weighted by Crippen LogP contribution is 2.30. The van der Waals surface area contributed by atoms with Gasteiger partial charge >= 0.3 is 5.97 Å². The van der Waals surface area contributed by atoms with Crippen molar-refractivity contribution in [2.45, 2.75) is 24.4 Å². The molecule has 15 heavy (non-hydrogen) atoms. The van der Waals surface area contributed by atoms with Crippen LogP contribution in [0.3, 0.4) is 0 Å². The van der Waals surface area contributed by atoms with E-state index in [0.717, 1.165) is 12.7 Å². The van der Waals surface area contributed by atoms with Crippen LogP contribution in [0.25, 0.3) is 0 Å². The first kappa shape index (κ1) is 10.8. The Morgan fingerprint density at radius 2 is 2.27 bits per heavy atom. The van der Waals surface area contributed by atoms with Gasteiger partial charge < -0.3 is 5.11 Å². The second kappa shape index (κ2) is 3.16. The molecule has 2 fully saturated rings. The Bertz CT molecular complexity index is 393. The van der Waals surface area contributed by atoms with Crippen LogP contribution in [0.5, 0.6) is 0 Å². The summed E-state index contributed by atoms with van der Waals surface area (Å²) in [4.78, 5) is 11.1. The third-order valence-corrected chi connectivity index (χ3v) is 4.36. The van der Waals surface area contributed by atoms with Crippen LogP contribution < -0.4 is 5.32 Å². The van der Waals surface area contributed by atoms with Crippen LogP contribution in [0.15, 0.2) is 0 Å². The van der Waals surface area contributed by atoms with Crippen molar-refractivity contribution >= 4 is 16.0 Å². The summed E-state index contributed by atoms with van der Waals surface area (Å²) in [6.07, 6.45) is 2.34. The van der Waals surface area contributed by atoms with Crippen molar-refractivity contribution in [2.75, 3.05) is 19.3 Å². The molecule has 2 rings (SSSR count). The molecule has 0 amide bonds. The van der Waals surface area contributed by atoms with Crippen LogP contribution in [0.2, 0.25) is 0 Å². The normalized spacial score (nSPS) is 36.7. The first-order valence-electron chi connectivity index (χ1n) is 4.80. The summed E-state index contributed by atoms with van der Waals surface area (Å²) in [5, 5.41) is 12.1. The summed E-state index contributed by atoms with van der Waals surface area (Å²) in [5.74, 6) is -0.960. The molecule has 7 heteroatoms. The predicted molar refractivity (Wildman–Crippen MR) is 52.9 cm³/mol. The smallest absolute Gasteiger partial charge is 0.325 e. The summed E-state index contributed by atoms with van der Waals surface area (Å²) >= 11 is 0. The number of hydrogen-bond donors (Lipinski definition) is 2. The van der Waals surface area contributed by atoms with E-state index >= 15 is 0 Å². The molecule has 2 atom stereocenters. The van der Waals surface area contributed by atoms with Crippen LogP contribution >= 0.6 is 0 Å². The molecule has 86 valence electrons. The highest BCUT2D eigenvalue weighted by molar-refractivity contribution is 7.88. The van der Waals surface area contributed by atoms with Crippen molar-refractivity contribution in [3.63, 3.8) is 0 Å². The van der Waals surface area contributed by atoms with Gasteiger partial charge in [0.2, 0.25) is 10.0 Å². The number of carboxylic acid groups (broad SMARTS) is 1. The number of rotatable bonds is 2. The van der Waals surface area contributed by atoms with E-state index in [1.807, 2.05) is 0 Å². The van der Waals surface area contributed by atoms with Gasteiger partial charge in [-0.15, -0.1) is 0 Å². The summed E-state index contributed by atoms with van der Waals surface area (Å²) in [5.41, 5.74) is -1.06. The average molecular weight is 234 g/mol. The summed E-state index contributed by atoms with van der Waals surface area (Å²) in [6.45, 7) is 0.422. The molecule has 0 radical (unpaired) electrons. The van der Waals surface area contributed by atoms with E-state index in [0.29, 0.717) is 13.0 Å². The van der Waals surface area contributed by atoms with E-state index in [1.54, 1.807) is 0 Å². The number of piperazine rings is 1. The Kier molecular flexibility index (Phi) is 2.29. The molecule has 2 saturated heterocycles. The summed E-state index contributed by atoms with van der Waals surface area (Å²) < 4.78 is 24.0. The molecule has 0 aromatic carbocycles. The number of fused-ring (bicyclic) bond motifs is 2. The van der Waals surface area contributed by atoms with E-state index in [1.165, 1.54) is 4.31 Å². The van der Waals surface area contributed by atoms with Gasteiger partial charge in [0, 0.05) is 19.1 Å². The molecule has 2 aliphatic heterocycles. The molecule has 2 bridgehead atoms. The second-order valence-corrected chi connectivity index (χ2v) is 6.31. The number of nitrogens with zero attached hydrogens (tertiary/aromatic N) is 1. The highest BCUT2D eigenvalue weighted by atomic mass is 32.2. The van der Waals surface area contributed by atoms with Gasteiger partial charge in [-0.2, -0.15) is 4.31 Å². The van der Waals surface area contributed by atoms with Crippen molar-refractivity contribution in [3.8, 4) is 0 Å². The lowest BCUT2D eigenvalue weighted by Gasteiger charge is -2.37. The fourth-order valence-electron chi connectivity index (χ4n) is 2.32. The molecule has 2 unspecified atom stereocenters. The van der Waals surface area contributed by atoms with Crippen molar-refractivity contribution in [3.05, 3.63) is 0 Å². The van der Waals surface area contributed by atoms with Gasteiger partial charge in [0.15, 0.2) is 0 Å². The maximum atomic E-state index is 11.4. The second-order valence-electron chi connectivity index (χ2n) is 4.32. The molecule has 6 nitrogen and oxygen atoms in total. The molecule has 0 aromatic rings. The standard InChI is InChI=1S/C8H14N2O4S/c1-15(13,14)10-4-6-2-3-8(5-10,9-6)7(11)12/h6,9H,2-5H2,1H3,(H,11,12). The van der Waals surface area contributed by atoms with Gasteiger partial charge in [-0.05, 0) is 12.8 Å². The maximum Gasteiger partial charge on any atom is 0.325 e. The third-order valence-electron chi connectivity index (χ3n) is 3.15.